The lowest BCUT2D eigenvalue weighted by molar-refractivity contribution is 0.0531. The summed E-state index contributed by atoms with van der Waals surface area (Å²) in [4.78, 5) is 0. The first-order valence-corrected chi connectivity index (χ1v) is 7.46. The molecule has 5 heteroatoms. The topological polar surface area (TPSA) is 21.3 Å². The standard InChI is InChI=1S/C15H20ClF2NO/c1-2-5-19-15(10-3-6-20-7-4-10)11-8-14(18)12(16)9-13(11)17/h8-10,15,19H,2-7H2,1H3. The van der Waals surface area contributed by atoms with Gasteiger partial charge in [-0.1, -0.05) is 18.5 Å². The van der Waals surface area contributed by atoms with E-state index >= 15 is 0 Å². The maximum absolute atomic E-state index is 14.1. The highest BCUT2D eigenvalue weighted by molar-refractivity contribution is 6.30. The molecule has 0 bridgehead atoms. The zero-order valence-corrected chi connectivity index (χ0v) is 12.4. The number of hydrogen-bond donors (Lipinski definition) is 1. The molecule has 0 spiro atoms. The number of hydrogen-bond acceptors (Lipinski definition) is 2. The van der Waals surface area contributed by atoms with Crippen LogP contribution in [0.1, 0.15) is 37.8 Å². The first-order chi connectivity index (χ1) is 9.63. The van der Waals surface area contributed by atoms with Crippen LogP contribution in [0.5, 0.6) is 0 Å². The van der Waals surface area contributed by atoms with E-state index in [0.717, 1.165) is 31.9 Å². The summed E-state index contributed by atoms with van der Waals surface area (Å²) in [6.45, 7) is 4.16. The minimum absolute atomic E-state index is 0.174. The summed E-state index contributed by atoms with van der Waals surface area (Å²) < 4.78 is 33.1. The third-order valence-electron chi connectivity index (χ3n) is 3.73. The quantitative estimate of drug-likeness (QED) is 0.827. The lowest BCUT2D eigenvalue weighted by atomic mass is 9.86. The van der Waals surface area contributed by atoms with E-state index in [1.54, 1.807) is 0 Å². The van der Waals surface area contributed by atoms with Crippen LogP contribution in [0.4, 0.5) is 8.78 Å². The van der Waals surface area contributed by atoms with Gasteiger partial charge in [-0.2, -0.15) is 0 Å². The Morgan fingerprint density at radius 1 is 1.30 bits per heavy atom. The molecule has 20 heavy (non-hydrogen) atoms. The fraction of sp³-hybridized carbons (Fsp3) is 0.600. The van der Waals surface area contributed by atoms with Crippen LogP contribution in [0.25, 0.3) is 0 Å². The van der Waals surface area contributed by atoms with Crippen LogP contribution in [0.15, 0.2) is 12.1 Å². The summed E-state index contributed by atoms with van der Waals surface area (Å²) in [5.41, 5.74) is 0.368. The summed E-state index contributed by atoms with van der Waals surface area (Å²) in [5, 5.41) is 3.16. The molecule has 1 N–H and O–H groups in total. The first-order valence-electron chi connectivity index (χ1n) is 7.09. The Kier molecular flexibility index (Phi) is 5.75. The summed E-state index contributed by atoms with van der Waals surface area (Å²) in [7, 11) is 0. The lowest BCUT2D eigenvalue weighted by Crippen LogP contribution is -2.33. The van der Waals surface area contributed by atoms with Crippen molar-refractivity contribution in [3.63, 3.8) is 0 Å². The molecular weight excluding hydrogens is 284 g/mol. The minimum atomic E-state index is -0.571. The van der Waals surface area contributed by atoms with Crippen molar-refractivity contribution in [3.8, 4) is 0 Å². The molecule has 0 saturated carbocycles. The molecule has 1 heterocycles. The number of nitrogens with one attached hydrogen (secondary N) is 1. The highest BCUT2D eigenvalue weighted by Gasteiger charge is 2.27. The monoisotopic (exact) mass is 303 g/mol. The zero-order valence-electron chi connectivity index (χ0n) is 11.6. The molecule has 1 saturated heterocycles. The average Bonchev–Trinajstić information content (AvgIpc) is 2.45. The Labute approximate surface area is 123 Å². The largest absolute Gasteiger partial charge is 0.381 e. The van der Waals surface area contributed by atoms with Crippen LogP contribution < -0.4 is 5.32 Å². The second kappa shape index (κ2) is 7.34. The Morgan fingerprint density at radius 3 is 2.65 bits per heavy atom. The molecule has 0 aromatic heterocycles. The molecule has 0 aliphatic carbocycles. The van der Waals surface area contributed by atoms with E-state index in [-0.39, 0.29) is 17.0 Å². The van der Waals surface area contributed by atoms with E-state index in [2.05, 4.69) is 5.32 Å². The van der Waals surface area contributed by atoms with Crippen LogP contribution in [0.3, 0.4) is 0 Å². The normalized spacial score (nSPS) is 18.2. The van der Waals surface area contributed by atoms with Crippen LogP contribution in [-0.4, -0.2) is 19.8 Å². The van der Waals surface area contributed by atoms with Crippen molar-refractivity contribution in [3.05, 3.63) is 34.4 Å². The van der Waals surface area contributed by atoms with Crippen LogP contribution in [0, 0.1) is 17.6 Å². The molecule has 1 fully saturated rings. The highest BCUT2D eigenvalue weighted by atomic mass is 35.5. The molecule has 2 rings (SSSR count). The van der Waals surface area contributed by atoms with Gasteiger partial charge in [-0.15, -0.1) is 0 Å². The smallest absolute Gasteiger partial charge is 0.142 e. The summed E-state index contributed by atoms with van der Waals surface area (Å²) in [6, 6.07) is 2.10. The number of rotatable bonds is 5. The van der Waals surface area contributed by atoms with E-state index < -0.39 is 11.6 Å². The molecular formula is C15H20ClF2NO. The Balaban J connectivity index is 2.27. The van der Waals surface area contributed by atoms with Gasteiger partial charge >= 0.3 is 0 Å². The van der Waals surface area contributed by atoms with Gasteiger partial charge in [-0.05, 0) is 43.9 Å². The maximum atomic E-state index is 14.1. The number of benzene rings is 1. The van der Waals surface area contributed by atoms with Crippen LogP contribution in [-0.2, 0) is 4.74 Å². The zero-order chi connectivity index (χ0) is 14.5. The second-order valence-corrected chi connectivity index (χ2v) is 5.58. The first kappa shape index (κ1) is 15.7. The number of halogens is 3. The van der Waals surface area contributed by atoms with E-state index in [9.17, 15) is 8.78 Å². The van der Waals surface area contributed by atoms with E-state index in [1.807, 2.05) is 6.92 Å². The van der Waals surface area contributed by atoms with Crippen molar-refractivity contribution < 1.29 is 13.5 Å². The molecule has 1 atom stereocenters. The minimum Gasteiger partial charge on any atom is -0.381 e. The molecule has 0 radical (unpaired) electrons. The van der Waals surface area contributed by atoms with Crippen molar-refractivity contribution in [2.45, 2.75) is 32.2 Å². The van der Waals surface area contributed by atoms with Gasteiger partial charge in [0, 0.05) is 24.8 Å². The van der Waals surface area contributed by atoms with E-state index in [1.165, 1.54) is 6.07 Å². The van der Waals surface area contributed by atoms with Gasteiger partial charge < -0.3 is 10.1 Å². The average molecular weight is 304 g/mol. The third-order valence-corrected chi connectivity index (χ3v) is 4.02. The SMILES string of the molecule is CCCNC(c1cc(F)c(Cl)cc1F)C1CCOCC1. The highest BCUT2D eigenvalue weighted by Crippen LogP contribution is 2.33. The molecule has 0 amide bonds. The van der Waals surface area contributed by atoms with E-state index in [4.69, 9.17) is 16.3 Å². The molecule has 1 unspecified atom stereocenters. The van der Waals surface area contributed by atoms with Gasteiger partial charge in [0.25, 0.3) is 0 Å². The van der Waals surface area contributed by atoms with Crippen molar-refractivity contribution >= 4 is 11.6 Å². The van der Waals surface area contributed by atoms with Crippen molar-refractivity contribution in [1.29, 1.82) is 0 Å². The molecule has 112 valence electrons. The molecule has 1 aliphatic heterocycles. The summed E-state index contributed by atoms with van der Waals surface area (Å²) in [5.74, 6) is -0.764. The van der Waals surface area contributed by atoms with Gasteiger partial charge in [0.05, 0.1) is 5.02 Å². The van der Waals surface area contributed by atoms with Gasteiger partial charge in [0.2, 0.25) is 0 Å². The van der Waals surface area contributed by atoms with Crippen molar-refractivity contribution in [2.75, 3.05) is 19.8 Å². The molecule has 1 aromatic carbocycles. The Bertz CT molecular complexity index is 450. The Morgan fingerprint density at radius 2 is 2.00 bits per heavy atom. The van der Waals surface area contributed by atoms with Gasteiger partial charge in [-0.3, -0.25) is 0 Å². The van der Waals surface area contributed by atoms with Crippen molar-refractivity contribution in [1.82, 2.24) is 5.32 Å². The van der Waals surface area contributed by atoms with Crippen molar-refractivity contribution in [2.24, 2.45) is 5.92 Å². The molecule has 1 aliphatic rings. The predicted molar refractivity (Wildman–Crippen MR) is 75.9 cm³/mol. The van der Waals surface area contributed by atoms with E-state index in [0.29, 0.717) is 18.8 Å². The van der Waals surface area contributed by atoms with Gasteiger partial charge in [0.1, 0.15) is 11.6 Å². The predicted octanol–water partition coefficient (Wildman–Crippen LogP) is 4.09. The van der Waals surface area contributed by atoms with Gasteiger partial charge in [0.15, 0.2) is 0 Å². The Hall–Kier alpha value is -0.710. The second-order valence-electron chi connectivity index (χ2n) is 5.17. The lowest BCUT2D eigenvalue weighted by Gasteiger charge is -2.31. The third kappa shape index (κ3) is 3.68. The molecule has 1 aromatic rings. The van der Waals surface area contributed by atoms with Gasteiger partial charge in [-0.25, -0.2) is 8.78 Å². The van der Waals surface area contributed by atoms with Crippen LogP contribution in [0.2, 0.25) is 5.02 Å². The fourth-order valence-corrected chi connectivity index (χ4v) is 2.81. The fourth-order valence-electron chi connectivity index (χ4n) is 2.66. The summed E-state index contributed by atoms with van der Waals surface area (Å²) >= 11 is 5.63. The number of ether oxygens (including phenoxy) is 1. The van der Waals surface area contributed by atoms with Crippen LogP contribution >= 0.6 is 11.6 Å². The maximum Gasteiger partial charge on any atom is 0.142 e. The summed E-state index contributed by atoms with van der Waals surface area (Å²) in [6.07, 6.45) is 2.65. The molecule has 2 nitrogen and oxygen atoms in total.